The van der Waals surface area contributed by atoms with E-state index in [2.05, 4.69) is 0 Å². The summed E-state index contributed by atoms with van der Waals surface area (Å²) in [7, 11) is -9.55. The van der Waals surface area contributed by atoms with Crippen LogP contribution in [0.2, 0.25) is 0 Å². The summed E-state index contributed by atoms with van der Waals surface area (Å²) < 4.78 is 64.5. The zero-order chi connectivity index (χ0) is 12.6. The van der Waals surface area contributed by atoms with Gasteiger partial charge in [0.1, 0.15) is 20.2 Å². The molecule has 10 heteroatoms. The van der Waals surface area contributed by atoms with Crippen molar-refractivity contribution in [2.24, 2.45) is 0 Å². The van der Waals surface area contributed by atoms with Gasteiger partial charge in [-0.15, -0.1) is 0 Å². The molecule has 18 heavy (non-hydrogen) atoms. The van der Waals surface area contributed by atoms with Crippen LogP contribution in [0.4, 0.5) is 0 Å². The number of rotatable bonds is 3. The van der Waals surface area contributed by atoms with Crippen molar-refractivity contribution in [1.29, 1.82) is 0 Å². The Morgan fingerprint density at radius 3 is 1.83 bits per heavy atom. The minimum absolute atomic E-state index is 0. The molecular weight excluding hydrogens is 302 g/mol. The van der Waals surface area contributed by atoms with Crippen molar-refractivity contribution in [2.45, 2.75) is 23.1 Å². The SMILES string of the molecule is CCc1ccc(S(=O)(=O)[O-])cc1S(=O)(=O)[O-].[Na+].[Na+]. The fourth-order valence-electron chi connectivity index (χ4n) is 1.22. The maximum absolute atomic E-state index is 10.8. The van der Waals surface area contributed by atoms with Crippen LogP contribution in [0.5, 0.6) is 0 Å². The molecule has 90 valence electrons. The molecular formula is C8H8Na2O6S2. The molecule has 0 aromatic heterocycles. The third-order valence-corrected chi connectivity index (χ3v) is 3.73. The molecule has 0 bridgehead atoms. The summed E-state index contributed by atoms with van der Waals surface area (Å²) in [6, 6.07) is 2.73. The van der Waals surface area contributed by atoms with Crippen LogP contribution < -0.4 is 59.1 Å². The van der Waals surface area contributed by atoms with Gasteiger partial charge in [-0.3, -0.25) is 0 Å². The second-order valence-electron chi connectivity index (χ2n) is 3.03. The van der Waals surface area contributed by atoms with Crippen molar-refractivity contribution < 1.29 is 85.1 Å². The van der Waals surface area contributed by atoms with E-state index in [9.17, 15) is 25.9 Å². The molecule has 0 saturated carbocycles. The molecule has 1 rings (SSSR count). The monoisotopic (exact) mass is 310 g/mol. The van der Waals surface area contributed by atoms with Crippen LogP contribution in [0.15, 0.2) is 28.0 Å². The summed E-state index contributed by atoms with van der Waals surface area (Å²) >= 11 is 0. The van der Waals surface area contributed by atoms with Gasteiger partial charge in [-0.25, -0.2) is 16.8 Å². The van der Waals surface area contributed by atoms with Crippen LogP contribution in [-0.2, 0) is 26.7 Å². The average molecular weight is 310 g/mol. The normalized spacial score (nSPS) is 11.3. The minimum Gasteiger partial charge on any atom is -0.744 e. The number of benzene rings is 1. The molecule has 6 nitrogen and oxygen atoms in total. The molecule has 0 saturated heterocycles. The predicted octanol–water partition coefficient (Wildman–Crippen LogP) is -5.93. The fourth-order valence-corrected chi connectivity index (χ4v) is 2.59. The quantitative estimate of drug-likeness (QED) is 0.406. The molecule has 0 N–H and O–H groups in total. The Morgan fingerprint density at radius 1 is 1.00 bits per heavy atom. The number of hydrogen-bond donors (Lipinski definition) is 0. The van der Waals surface area contributed by atoms with E-state index >= 15 is 0 Å². The maximum atomic E-state index is 10.8. The van der Waals surface area contributed by atoms with Crippen molar-refractivity contribution in [3.05, 3.63) is 23.8 Å². The van der Waals surface area contributed by atoms with Crippen LogP contribution >= 0.6 is 0 Å². The van der Waals surface area contributed by atoms with E-state index in [0.29, 0.717) is 6.07 Å². The molecule has 0 fully saturated rings. The number of aryl methyl sites for hydroxylation is 1. The van der Waals surface area contributed by atoms with Gasteiger partial charge in [0.25, 0.3) is 0 Å². The van der Waals surface area contributed by atoms with Crippen molar-refractivity contribution in [1.82, 2.24) is 0 Å². The third kappa shape index (κ3) is 5.58. The molecule has 0 radical (unpaired) electrons. The molecule has 0 aliphatic carbocycles. The Labute approximate surface area is 150 Å². The van der Waals surface area contributed by atoms with E-state index in [1.807, 2.05) is 0 Å². The smallest absolute Gasteiger partial charge is 0.744 e. The first-order chi connectivity index (χ1) is 7.16. The summed E-state index contributed by atoms with van der Waals surface area (Å²) in [5, 5.41) is 0. The zero-order valence-corrected chi connectivity index (χ0v) is 15.8. The van der Waals surface area contributed by atoms with E-state index < -0.39 is 30.0 Å². The predicted molar refractivity (Wildman–Crippen MR) is 51.7 cm³/mol. The van der Waals surface area contributed by atoms with Crippen LogP contribution in [0.3, 0.4) is 0 Å². The summed E-state index contributed by atoms with van der Waals surface area (Å²) in [5.41, 5.74) is 0.183. The Hall–Kier alpha value is 1.04. The van der Waals surface area contributed by atoms with Gasteiger partial charge >= 0.3 is 59.1 Å². The van der Waals surface area contributed by atoms with Crippen molar-refractivity contribution in [3.63, 3.8) is 0 Å². The van der Waals surface area contributed by atoms with E-state index in [1.165, 1.54) is 0 Å². The maximum Gasteiger partial charge on any atom is 1.00 e. The van der Waals surface area contributed by atoms with Gasteiger partial charge in [0.2, 0.25) is 0 Å². The molecule has 0 spiro atoms. The molecule has 0 unspecified atom stereocenters. The van der Waals surface area contributed by atoms with Crippen LogP contribution in [-0.4, -0.2) is 25.9 Å². The first kappa shape index (κ1) is 21.3. The molecule has 1 aromatic carbocycles. The first-order valence-corrected chi connectivity index (χ1v) is 7.02. The van der Waals surface area contributed by atoms with E-state index in [0.717, 1.165) is 12.1 Å². The number of hydrogen-bond acceptors (Lipinski definition) is 6. The summed E-state index contributed by atoms with van der Waals surface area (Å²) in [6.45, 7) is 1.61. The Balaban J connectivity index is 0. The minimum atomic E-state index is -4.78. The van der Waals surface area contributed by atoms with Crippen molar-refractivity contribution >= 4 is 20.2 Å². The topological polar surface area (TPSA) is 114 Å². The van der Waals surface area contributed by atoms with Crippen LogP contribution in [0, 0.1) is 0 Å². The molecule has 0 heterocycles. The second-order valence-corrected chi connectivity index (χ2v) is 5.76. The van der Waals surface area contributed by atoms with Gasteiger partial charge in [0, 0.05) is 0 Å². The van der Waals surface area contributed by atoms with Gasteiger partial charge in [0.15, 0.2) is 0 Å². The van der Waals surface area contributed by atoms with Gasteiger partial charge in [0.05, 0.1) is 9.79 Å². The van der Waals surface area contributed by atoms with Gasteiger partial charge in [-0.05, 0) is 24.1 Å². The van der Waals surface area contributed by atoms with Gasteiger partial charge in [-0.2, -0.15) is 0 Å². The Kier molecular flexibility index (Phi) is 9.16. The Bertz CT molecular complexity index is 608. The van der Waals surface area contributed by atoms with Crippen molar-refractivity contribution in [3.8, 4) is 0 Å². The summed E-state index contributed by atoms with van der Waals surface area (Å²) in [4.78, 5) is -1.38. The first-order valence-electron chi connectivity index (χ1n) is 4.21. The molecule has 0 amide bonds. The van der Waals surface area contributed by atoms with E-state index in [4.69, 9.17) is 0 Å². The average Bonchev–Trinajstić information content (AvgIpc) is 2.14. The largest absolute Gasteiger partial charge is 1.00 e. The molecule has 1 aromatic rings. The molecule has 0 atom stereocenters. The summed E-state index contributed by atoms with van der Waals surface area (Å²) in [5.74, 6) is 0. The molecule has 0 aliphatic rings. The van der Waals surface area contributed by atoms with Gasteiger partial charge in [-0.1, -0.05) is 13.0 Å². The zero-order valence-electron chi connectivity index (χ0n) is 10.2. The molecule has 0 aliphatic heterocycles. The fraction of sp³-hybridized carbons (Fsp3) is 0.250. The standard InChI is InChI=1S/C8H10O6S2.2Na/c1-2-6-3-4-7(15(9,10)11)5-8(6)16(12,13)14;;/h3-5H,2H2,1H3,(H,9,10,11)(H,12,13,14);;/q;2*+1/p-2. The Morgan fingerprint density at radius 2 is 1.50 bits per heavy atom. The van der Waals surface area contributed by atoms with Crippen LogP contribution in [0.1, 0.15) is 12.5 Å². The second kappa shape index (κ2) is 7.72. The van der Waals surface area contributed by atoms with Crippen molar-refractivity contribution in [2.75, 3.05) is 0 Å². The third-order valence-electron chi connectivity index (χ3n) is 1.98. The van der Waals surface area contributed by atoms with E-state index in [-0.39, 0.29) is 71.1 Å². The van der Waals surface area contributed by atoms with E-state index in [1.54, 1.807) is 6.92 Å². The van der Waals surface area contributed by atoms with Gasteiger partial charge < -0.3 is 9.11 Å². The summed E-state index contributed by atoms with van der Waals surface area (Å²) in [6.07, 6.45) is 0.246. The van der Waals surface area contributed by atoms with Crippen LogP contribution in [0.25, 0.3) is 0 Å².